The lowest BCUT2D eigenvalue weighted by atomic mass is 10.0. The van der Waals surface area contributed by atoms with Gasteiger partial charge in [0, 0.05) is 6.54 Å². The molecule has 0 aliphatic carbocycles. The van der Waals surface area contributed by atoms with Gasteiger partial charge in [-0.15, -0.1) is 0 Å². The summed E-state index contributed by atoms with van der Waals surface area (Å²) in [5.74, 6) is -0.481. The quantitative estimate of drug-likeness (QED) is 0.521. The maximum absolute atomic E-state index is 12.5. The number of rotatable bonds is 6. The Hall–Kier alpha value is -1.99. The average molecular weight is 472 g/mol. The van der Waals surface area contributed by atoms with Crippen LogP contribution in [0.25, 0.3) is 10.8 Å². The monoisotopic (exact) mass is 470 g/mol. The fraction of sp³-hybridized carbons (Fsp3) is 0.150. The van der Waals surface area contributed by atoms with E-state index in [1.165, 1.54) is 12.1 Å². The Morgan fingerprint density at radius 1 is 0.966 bits per heavy atom. The highest BCUT2D eigenvalue weighted by Crippen LogP contribution is 2.35. The first-order valence-corrected chi connectivity index (χ1v) is 11.5. The lowest BCUT2D eigenvalue weighted by molar-refractivity contribution is -0.119. The standard InChI is InChI=1S/C20H17Cl3N2O3S/c1-29(27,28)25(19-10-17(22)16(21)9-18(19)23)12-20(26)24-11-14-7-4-6-13-5-2-3-8-15(13)14/h2-10H,11-12H2,1H3,(H,24,26). The van der Waals surface area contributed by atoms with E-state index in [0.29, 0.717) is 0 Å². The molecule has 5 nitrogen and oxygen atoms in total. The smallest absolute Gasteiger partial charge is 0.241 e. The number of nitrogens with zero attached hydrogens (tertiary/aromatic N) is 1. The van der Waals surface area contributed by atoms with E-state index in [9.17, 15) is 13.2 Å². The molecule has 0 bridgehead atoms. The normalized spacial score (nSPS) is 11.4. The molecule has 9 heteroatoms. The van der Waals surface area contributed by atoms with Crippen LogP contribution in [0.5, 0.6) is 0 Å². The zero-order valence-corrected chi connectivity index (χ0v) is 18.4. The number of nitrogens with one attached hydrogen (secondary N) is 1. The molecule has 3 rings (SSSR count). The molecule has 0 saturated heterocycles. The summed E-state index contributed by atoms with van der Waals surface area (Å²) in [7, 11) is -3.80. The van der Waals surface area contributed by atoms with Gasteiger partial charge in [0.05, 0.1) is 27.0 Å². The summed E-state index contributed by atoms with van der Waals surface area (Å²) in [4.78, 5) is 12.5. The second-order valence-corrected chi connectivity index (χ2v) is 9.53. The Labute approximate surface area is 184 Å². The number of hydrogen-bond acceptors (Lipinski definition) is 3. The van der Waals surface area contributed by atoms with Gasteiger partial charge in [-0.3, -0.25) is 9.10 Å². The van der Waals surface area contributed by atoms with Crippen molar-refractivity contribution in [2.45, 2.75) is 6.54 Å². The molecule has 0 radical (unpaired) electrons. The summed E-state index contributed by atoms with van der Waals surface area (Å²) in [5.41, 5.74) is 1.01. The first-order chi connectivity index (χ1) is 13.7. The fourth-order valence-corrected chi connectivity index (χ4v) is 4.46. The van der Waals surface area contributed by atoms with E-state index in [4.69, 9.17) is 34.8 Å². The second kappa shape index (κ2) is 8.79. The van der Waals surface area contributed by atoms with Gasteiger partial charge in [-0.25, -0.2) is 8.42 Å². The first-order valence-electron chi connectivity index (χ1n) is 8.52. The van der Waals surface area contributed by atoms with Crippen LogP contribution in [0.4, 0.5) is 5.69 Å². The van der Waals surface area contributed by atoms with Crippen LogP contribution in [0.2, 0.25) is 15.1 Å². The number of carbonyl (C=O) groups is 1. The summed E-state index contributed by atoms with van der Waals surface area (Å²) < 4.78 is 25.5. The van der Waals surface area contributed by atoms with Crippen molar-refractivity contribution in [2.75, 3.05) is 17.1 Å². The van der Waals surface area contributed by atoms with Gasteiger partial charge in [-0.05, 0) is 28.5 Å². The largest absolute Gasteiger partial charge is 0.350 e. The minimum absolute atomic E-state index is 0.0756. The lowest BCUT2D eigenvalue weighted by Crippen LogP contribution is -2.40. The predicted octanol–water partition coefficient (Wildman–Crippen LogP) is 4.88. The van der Waals surface area contributed by atoms with Crippen LogP contribution in [0.3, 0.4) is 0 Å². The molecule has 1 amide bonds. The van der Waals surface area contributed by atoms with Crippen molar-refractivity contribution in [3.8, 4) is 0 Å². The van der Waals surface area contributed by atoms with Crippen LogP contribution in [0.15, 0.2) is 54.6 Å². The van der Waals surface area contributed by atoms with Gasteiger partial charge in [0.1, 0.15) is 6.54 Å². The molecule has 1 N–H and O–H groups in total. The molecule has 0 aliphatic heterocycles. The summed E-state index contributed by atoms with van der Waals surface area (Å²) >= 11 is 18.1. The molecule has 152 valence electrons. The number of carbonyl (C=O) groups excluding carboxylic acids is 1. The fourth-order valence-electron chi connectivity index (χ4n) is 2.91. The van der Waals surface area contributed by atoms with E-state index >= 15 is 0 Å². The Bertz CT molecular complexity index is 1180. The van der Waals surface area contributed by atoms with Crippen LogP contribution < -0.4 is 9.62 Å². The van der Waals surface area contributed by atoms with Gasteiger partial charge in [0.2, 0.25) is 15.9 Å². The first kappa shape index (κ1) is 21.7. The highest BCUT2D eigenvalue weighted by molar-refractivity contribution is 7.92. The van der Waals surface area contributed by atoms with Gasteiger partial charge in [0.25, 0.3) is 0 Å². The third-order valence-corrected chi connectivity index (χ3v) is 6.45. The lowest BCUT2D eigenvalue weighted by Gasteiger charge is -2.23. The number of hydrogen-bond donors (Lipinski definition) is 1. The number of amides is 1. The van der Waals surface area contributed by atoms with Crippen LogP contribution in [-0.2, 0) is 21.4 Å². The highest BCUT2D eigenvalue weighted by Gasteiger charge is 2.24. The Morgan fingerprint density at radius 3 is 2.34 bits per heavy atom. The highest BCUT2D eigenvalue weighted by atomic mass is 35.5. The van der Waals surface area contributed by atoms with Gasteiger partial charge in [0.15, 0.2) is 0 Å². The van der Waals surface area contributed by atoms with Crippen LogP contribution in [0.1, 0.15) is 5.56 Å². The zero-order valence-electron chi connectivity index (χ0n) is 15.3. The number of benzene rings is 3. The third kappa shape index (κ3) is 5.14. The Kier molecular flexibility index (Phi) is 6.58. The molecule has 3 aromatic rings. The van der Waals surface area contributed by atoms with Crippen molar-refractivity contribution in [2.24, 2.45) is 0 Å². The molecular formula is C20H17Cl3N2O3S. The molecule has 0 heterocycles. The van der Waals surface area contributed by atoms with Gasteiger partial charge in [-0.2, -0.15) is 0 Å². The predicted molar refractivity (Wildman–Crippen MR) is 119 cm³/mol. The topological polar surface area (TPSA) is 66.5 Å². The second-order valence-electron chi connectivity index (χ2n) is 6.40. The van der Waals surface area contributed by atoms with Crippen LogP contribution >= 0.6 is 34.8 Å². The SMILES string of the molecule is CS(=O)(=O)N(CC(=O)NCc1cccc2ccccc12)c1cc(Cl)c(Cl)cc1Cl. The summed E-state index contributed by atoms with van der Waals surface area (Å²) in [6.45, 7) is -0.186. The molecular weight excluding hydrogens is 455 g/mol. The third-order valence-electron chi connectivity index (χ3n) is 4.30. The van der Waals surface area contributed by atoms with Crippen molar-refractivity contribution in [3.63, 3.8) is 0 Å². The molecule has 0 unspecified atom stereocenters. The zero-order chi connectivity index (χ0) is 21.2. The van der Waals surface area contributed by atoms with Gasteiger partial charge in [-0.1, -0.05) is 77.3 Å². The summed E-state index contributed by atoms with van der Waals surface area (Å²) in [6, 6.07) is 16.3. The maximum atomic E-state index is 12.5. The van der Waals surface area contributed by atoms with Crippen molar-refractivity contribution in [1.29, 1.82) is 0 Å². The average Bonchev–Trinajstić information content (AvgIpc) is 2.66. The summed E-state index contributed by atoms with van der Waals surface area (Å²) in [6.07, 6.45) is 0.990. The molecule has 0 saturated carbocycles. The van der Waals surface area contributed by atoms with Crippen molar-refractivity contribution < 1.29 is 13.2 Å². The van der Waals surface area contributed by atoms with E-state index in [1.54, 1.807) is 0 Å². The number of halogens is 3. The maximum Gasteiger partial charge on any atom is 0.241 e. The van der Waals surface area contributed by atoms with E-state index in [2.05, 4.69) is 5.32 Å². The minimum atomic E-state index is -3.80. The van der Waals surface area contributed by atoms with Gasteiger partial charge < -0.3 is 5.32 Å². The Balaban J connectivity index is 1.80. The number of sulfonamides is 1. The van der Waals surface area contributed by atoms with E-state index in [-0.39, 0.29) is 27.3 Å². The molecule has 29 heavy (non-hydrogen) atoms. The number of anilines is 1. The van der Waals surface area contributed by atoms with Crippen molar-refractivity contribution in [3.05, 3.63) is 75.2 Å². The molecule has 3 aromatic carbocycles. The molecule has 0 fully saturated rings. The van der Waals surface area contributed by atoms with Gasteiger partial charge >= 0.3 is 0 Å². The minimum Gasteiger partial charge on any atom is -0.350 e. The van der Waals surface area contributed by atoms with E-state index in [0.717, 1.165) is 26.9 Å². The molecule has 0 spiro atoms. The van der Waals surface area contributed by atoms with Crippen molar-refractivity contribution >= 4 is 67.2 Å². The van der Waals surface area contributed by atoms with E-state index in [1.807, 2.05) is 42.5 Å². The van der Waals surface area contributed by atoms with Crippen LogP contribution in [-0.4, -0.2) is 27.1 Å². The number of fused-ring (bicyclic) bond motifs is 1. The van der Waals surface area contributed by atoms with E-state index < -0.39 is 22.5 Å². The van der Waals surface area contributed by atoms with Crippen molar-refractivity contribution in [1.82, 2.24) is 5.32 Å². The summed E-state index contributed by atoms with van der Waals surface area (Å²) in [5, 5.41) is 5.23. The molecule has 0 atom stereocenters. The molecule has 0 aromatic heterocycles. The Morgan fingerprint density at radius 2 is 1.62 bits per heavy atom. The molecule has 0 aliphatic rings. The van der Waals surface area contributed by atoms with Crippen LogP contribution in [0, 0.1) is 0 Å².